The SMILES string of the molecule is Cc1ccc([N+](=O)[O-])c(OCC(=O)Nc2c(C#N)c(C)c(C)n2C2CCCCC2)c1. The van der Waals surface area contributed by atoms with Gasteiger partial charge in [-0.15, -0.1) is 0 Å². The van der Waals surface area contributed by atoms with Crippen molar-refractivity contribution in [3.8, 4) is 11.8 Å². The molecule has 1 N–H and O–H groups in total. The highest BCUT2D eigenvalue weighted by atomic mass is 16.6. The summed E-state index contributed by atoms with van der Waals surface area (Å²) in [5, 5.41) is 23.7. The van der Waals surface area contributed by atoms with Gasteiger partial charge in [0.1, 0.15) is 11.9 Å². The Kier molecular flexibility index (Phi) is 6.40. The van der Waals surface area contributed by atoms with Gasteiger partial charge < -0.3 is 14.6 Å². The minimum atomic E-state index is -0.540. The first-order chi connectivity index (χ1) is 14.3. The maximum atomic E-state index is 12.6. The van der Waals surface area contributed by atoms with Crippen LogP contribution >= 0.6 is 0 Å². The number of aryl methyl sites for hydroxylation is 1. The van der Waals surface area contributed by atoms with E-state index in [1.165, 1.54) is 18.6 Å². The second-order valence-electron chi connectivity index (χ2n) is 7.77. The summed E-state index contributed by atoms with van der Waals surface area (Å²) >= 11 is 0. The Morgan fingerprint density at radius 2 is 2.00 bits per heavy atom. The van der Waals surface area contributed by atoms with Crippen molar-refractivity contribution in [2.75, 3.05) is 11.9 Å². The number of nitro benzene ring substituents is 1. The van der Waals surface area contributed by atoms with Crippen molar-refractivity contribution in [2.24, 2.45) is 0 Å². The van der Waals surface area contributed by atoms with Crippen LogP contribution in [0.1, 0.15) is 60.5 Å². The van der Waals surface area contributed by atoms with Gasteiger partial charge in [0.25, 0.3) is 5.91 Å². The van der Waals surface area contributed by atoms with E-state index in [1.54, 1.807) is 13.0 Å². The van der Waals surface area contributed by atoms with Crippen molar-refractivity contribution in [1.29, 1.82) is 5.26 Å². The maximum Gasteiger partial charge on any atom is 0.310 e. The lowest BCUT2D eigenvalue weighted by Crippen LogP contribution is -2.24. The van der Waals surface area contributed by atoms with Crippen LogP contribution in [0, 0.1) is 42.2 Å². The zero-order valence-electron chi connectivity index (χ0n) is 17.5. The largest absolute Gasteiger partial charge is 0.477 e. The fraction of sp³-hybridized carbons (Fsp3) is 0.455. The average Bonchev–Trinajstić information content (AvgIpc) is 2.96. The molecule has 1 aromatic heterocycles. The predicted molar refractivity (Wildman–Crippen MR) is 113 cm³/mol. The topological polar surface area (TPSA) is 110 Å². The summed E-state index contributed by atoms with van der Waals surface area (Å²) in [4.78, 5) is 23.3. The van der Waals surface area contributed by atoms with Gasteiger partial charge in [0, 0.05) is 17.8 Å². The van der Waals surface area contributed by atoms with Crippen molar-refractivity contribution in [2.45, 2.75) is 58.9 Å². The summed E-state index contributed by atoms with van der Waals surface area (Å²) in [5.74, 6) is 0.0780. The number of hydrogen-bond acceptors (Lipinski definition) is 5. The number of carbonyl (C=O) groups is 1. The minimum Gasteiger partial charge on any atom is -0.477 e. The molecule has 0 saturated heterocycles. The number of hydrogen-bond donors (Lipinski definition) is 1. The first-order valence-corrected chi connectivity index (χ1v) is 10.1. The molecule has 30 heavy (non-hydrogen) atoms. The molecule has 0 bridgehead atoms. The van der Waals surface area contributed by atoms with Crippen molar-refractivity contribution >= 4 is 17.4 Å². The van der Waals surface area contributed by atoms with Crippen LogP contribution in [0.3, 0.4) is 0 Å². The maximum absolute atomic E-state index is 12.6. The summed E-state index contributed by atoms with van der Waals surface area (Å²) in [6, 6.07) is 6.96. The Balaban J connectivity index is 1.82. The Hall–Kier alpha value is -3.34. The molecule has 0 atom stereocenters. The van der Waals surface area contributed by atoms with E-state index in [2.05, 4.69) is 16.0 Å². The van der Waals surface area contributed by atoms with Gasteiger partial charge in [0.2, 0.25) is 0 Å². The summed E-state index contributed by atoms with van der Waals surface area (Å²) in [5.41, 5.74) is 2.88. The Labute approximate surface area is 175 Å². The lowest BCUT2D eigenvalue weighted by molar-refractivity contribution is -0.385. The third kappa shape index (κ3) is 4.30. The molecule has 1 saturated carbocycles. The first kappa shape index (κ1) is 21.4. The van der Waals surface area contributed by atoms with Crippen molar-refractivity contribution in [3.05, 3.63) is 50.7 Å². The van der Waals surface area contributed by atoms with E-state index >= 15 is 0 Å². The lowest BCUT2D eigenvalue weighted by atomic mass is 9.95. The smallest absolute Gasteiger partial charge is 0.310 e. The van der Waals surface area contributed by atoms with E-state index in [9.17, 15) is 20.2 Å². The summed E-state index contributed by atoms with van der Waals surface area (Å²) in [6.45, 7) is 5.25. The fourth-order valence-electron chi connectivity index (χ4n) is 4.08. The Bertz CT molecular complexity index is 1010. The van der Waals surface area contributed by atoms with Crippen LogP contribution in [0.15, 0.2) is 18.2 Å². The number of nitrogens with one attached hydrogen (secondary N) is 1. The number of amides is 1. The van der Waals surface area contributed by atoms with E-state index in [4.69, 9.17) is 4.74 Å². The predicted octanol–water partition coefficient (Wildman–Crippen LogP) is 4.72. The highest BCUT2D eigenvalue weighted by Crippen LogP contribution is 2.36. The molecule has 1 heterocycles. The van der Waals surface area contributed by atoms with Gasteiger partial charge in [-0.1, -0.05) is 25.3 Å². The van der Waals surface area contributed by atoms with Crippen molar-refractivity contribution in [1.82, 2.24) is 4.57 Å². The third-order valence-electron chi connectivity index (χ3n) is 5.74. The van der Waals surface area contributed by atoms with Crippen molar-refractivity contribution < 1.29 is 14.5 Å². The van der Waals surface area contributed by atoms with Gasteiger partial charge in [-0.2, -0.15) is 5.26 Å². The molecule has 0 spiro atoms. The molecule has 1 aliphatic carbocycles. The van der Waals surface area contributed by atoms with Crippen LogP contribution in [0.2, 0.25) is 0 Å². The molecule has 1 aromatic carbocycles. The van der Waals surface area contributed by atoms with E-state index < -0.39 is 10.8 Å². The monoisotopic (exact) mass is 410 g/mol. The number of nitrogens with zero attached hydrogens (tertiary/aromatic N) is 3. The number of benzene rings is 1. The van der Waals surface area contributed by atoms with E-state index in [-0.39, 0.29) is 24.1 Å². The zero-order chi connectivity index (χ0) is 21.8. The highest BCUT2D eigenvalue weighted by molar-refractivity contribution is 5.93. The van der Waals surface area contributed by atoms with Crippen LogP contribution in [0.4, 0.5) is 11.5 Å². The van der Waals surface area contributed by atoms with Gasteiger partial charge in [0.15, 0.2) is 12.4 Å². The third-order valence-corrected chi connectivity index (χ3v) is 5.74. The van der Waals surface area contributed by atoms with Crippen LogP contribution in [-0.4, -0.2) is 22.0 Å². The summed E-state index contributed by atoms with van der Waals surface area (Å²) in [6.07, 6.45) is 5.46. The van der Waals surface area contributed by atoms with Gasteiger partial charge in [-0.25, -0.2) is 0 Å². The van der Waals surface area contributed by atoms with Crippen LogP contribution in [0.5, 0.6) is 5.75 Å². The Morgan fingerprint density at radius 1 is 1.30 bits per heavy atom. The molecule has 0 unspecified atom stereocenters. The Morgan fingerprint density at radius 3 is 2.63 bits per heavy atom. The number of rotatable bonds is 6. The normalized spacial score (nSPS) is 14.2. The number of carbonyl (C=O) groups excluding carboxylic acids is 1. The van der Waals surface area contributed by atoms with E-state index in [1.807, 2.05) is 13.8 Å². The molecule has 3 rings (SSSR count). The molecule has 1 fully saturated rings. The lowest BCUT2D eigenvalue weighted by Gasteiger charge is -2.27. The van der Waals surface area contributed by atoms with Crippen LogP contribution in [0.25, 0.3) is 0 Å². The van der Waals surface area contributed by atoms with Gasteiger partial charge in [-0.05, 0) is 50.8 Å². The van der Waals surface area contributed by atoms with E-state index in [0.29, 0.717) is 11.4 Å². The molecule has 8 heteroatoms. The minimum absolute atomic E-state index is 0.0469. The molecular weight excluding hydrogens is 384 g/mol. The molecule has 1 aliphatic rings. The van der Waals surface area contributed by atoms with Gasteiger partial charge in [0.05, 0.1) is 10.5 Å². The number of nitro groups is 1. The number of nitriles is 1. The molecule has 8 nitrogen and oxygen atoms in total. The second kappa shape index (κ2) is 8.99. The van der Waals surface area contributed by atoms with E-state index in [0.717, 1.165) is 42.5 Å². The van der Waals surface area contributed by atoms with Crippen LogP contribution < -0.4 is 10.1 Å². The zero-order valence-corrected chi connectivity index (χ0v) is 17.5. The molecular formula is C22H26N4O4. The summed E-state index contributed by atoms with van der Waals surface area (Å²) < 4.78 is 7.53. The highest BCUT2D eigenvalue weighted by Gasteiger charge is 2.26. The molecule has 0 radical (unpaired) electrons. The average molecular weight is 410 g/mol. The van der Waals surface area contributed by atoms with Gasteiger partial charge in [-0.3, -0.25) is 14.9 Å². The van der Waals surface area contributed by atoms with Gasteiger partial charge >= 0.3 is 5.69 Å². The van der Waals surface area contributed by atoms with Crippen molar-refractivity contribution in [3.63, 3.8) is 0 Å². The van der Waals surface area contributed by atoms with Crippen LogP contribution in [-0.2, 0) is 4.79 Å². The number of ether oxygens (including phenoxy) is 1. The quantitative estimate of drug-likeness (QED) is 0.547. The number of anilines is 1. The first-order valence-electron chi connectivity index (χ1n) is 10.1. The molecule has 1 amide bonds. The second-order valence-corrected chi connectivity index (χ2v) is 7.77. The fourth-order valence-corrected chi connectivity index (χ4v) is 4.08. The molecule has 158 valence electrons. The standard InChI is InChI=1S/C22H26N4O4/c1-14-9-10-19(26(28)29)20(11-14)30-13-21(27)24-22-18(12-23)15(2)16(3)25(22)17-7-5-4-6-8-17/h9-11,17H,4-8,13H2,1-3H3,(H,24,27). The molecule has 2 aromatic rings. The summed E-state index contributed by atoms with van der Waals surface area (Å²) in [7, 11) is 0. The number of aromatic nitrogens is 1. The molecule has 0 aliphatic heterocycles.